The third kappa shape index (κ3) is 2.86. The van der Waals surface area contributed by atoms with E-state index < -0.39 is 0 Å². The first kappa shape index (κ1) is 17.6. The second-order valence-electron chi connectivity index (χ2n) is 7.99. The Kier molecular flexibility index (Phi) is 4.29. The van der Waals surface area contributed by atoms with Crippen LogP contribution in [0.25, 0.3) is 11.3 Å². The third-order valence-corrected chi connectivity index (χ3v) is 6.51. The highest BCUT2D eigenvalue weighted by molar-refractivity contribution is 5.62. The lowest BCUT2D eigenvalue weighted by molar-refractivity contribution is 0.0222. The maximum absolute atomic E-state index is 13.2. The molecular weight excluding hydrogens is 355 g/mol. The van der Waals surface area contributed by atoms with Gasteiger partial charge < -0.3 is 4.98 Å². The summed E-state index contributed by atoms with van der Waals surface area (Å²) in [5.74, 6) is -0.222. The van der Waals surface area contributed by atoms with Gasteiger partial charge in [-0.3, -0.25) is 14.9 Å². The molecule has 1 aromatic carbocycles. The van der Waals surface area contributed by atoms with E-state index in [1.165, 1.54) is 23.5 Å². The Bertz CT molecular complexity index is 951. The topological polar surface area (TPSA) is 63.8 Å². The zero-order valence-corrected chi connectivity index (χ0v) is 16.1. The highest BCUT2D eigenvalue weighted by atomic mass is 19.1. The van der Waals surface area contributed by atoms with E-state index in [-0.39, 0.29) is 11.4 Å². The molecule has 0 bridgehead atoms. The zero-order valence-electron chi connectivity index (χ0n) is 16.1. The van der Waals surface area contributed by atoms with Crippen LogP contribution in [0.15, 0.2) is 36.8 Å². The fourth-order valence-corrected chi connectivity index (χ4v) is 4.82. The normalized spacial score (nSPS) is 19.8. The van der Waals surface area contributed by atoms with E-state index in [0.717, 1.165) is 62.3 Å². The number of piperidine rings is 1. The molecule has 28 heavy (non-hydrogen) atoms. The average molecular weight is 380 g/mol. The van der Waals surface area contributed by atoms with Gasteiger partial charge in [-0.25, -0.2) is 9.37 Å². The van der Waals surface area contributed by atoms with Crippen molar-refractivity contribution >= 4 is 0 Å². The molecule has 3 aromatic rings. The minimum absolute atomic E-state index is 0.0558. The minimum atomic E-state index is -0.222. The van der Waals surface area contributed by atoms with Crippen molar-refractivity contribution in [2.45, 2.75) is 31.3 Å². The van der Waals surface area contributed by atoms with Gasteiger partial charge in [0.1, 0.15) is 5.82 Å². The highest BCUT2D eigenvalue weighted by Crippen LogP contribution is 2.41. The fourth-order valence-electron chi connectivity index (χ4n) is 4.82. The van der Waals surface area contributed by atoms with Crippen LogP contribution in [0, 0.1) is 5.82 Å². The Balaban J connectivity index is 1.32. The lowest BCUT2D eigenvalue weighted by Crippen LogP contribution is -2.54. The number of hydrogen-bond donors (Lipinski definition) is 2. The molecule has 0 atom stereocenters. The van der Waals surface area contributed by atoms with Gasteiger partial charge in [0, 0.05) is 49.4 Å². The van der Waals surface area contributed by atoms with Crippen LogP contribution in [0.3, 0.4) is 0 Å². The predicted molar refractivity (Wildman–Crippen MR) is 105 cm³/mol. The van der Waals surface area contributed by atoms with Crippen molar-refractivity contribution in [2.75, 3.05) is 26.7 Å². The summed E-state index contributed by atoms with van der Waals surface area (Å²) < 4.78 is 13.2. The van der Waals surface area contributed by atoms with Gasteiger partial charge in [0.15, 0.2) is 0 Å². The van der Waals surface area contributed by atoms with Gasteiger partial charge in [0.2, 0.25) is 0 Å². The summed E-state index contributed by atoms with van der Waals surface area (Å²) in [7, 11) is 2.23. The Morgan fingerprint density at radius 3 is 2.71 bits per heavy atom. The van der Waals surface area contributed by atoms with Gasteiger partial charge in [0.05, 0.1) is 29.5 Å². The molecule has 2 aliphatic heterocycles. The number of hydrogen-bond acceptors (Lipinski definition) is 4. The quantitative estimate of drug-likeness (QED) is 0.733. The molecule has 1 fully saturated rings. The summed E-state index contributed by atoms with van der Waals surface area (Å²) in [6, 6.07) is 6.58. The van der Waals surface area contributed by atoms with Crippen LogP contribution < -0.4 is 0 Å². The Labute approximate surface area is 163 Å². The Morgan fingerprint density at radius 1 is 1.14 bits per heavy atom. The maximum Gasteiger partial charge on any atom is 0.123 e. The number of nitrogens with one attached hydrogen (secondary N) is 2. The number of rotatable bonds is 3. The molecule has 0 amide bonds. The number of benzene rings is 1. The van der Waals surface area contributed by atoms with E-state index in [4.69, 9.17) is 0 Å². The van der Waals surface area contributed by atoms with Gasteiger partial charge in [-0.05, 0) is 44.2 Å². The zero-order chi connectivity index (χ0) is 19.1. The van der Waals surface area contributed by atoms with E-state index in [0.29, 0.717) is 0 Å². The lowest BCUT2D eigenvalue weighted by atomic mass is 9.79. The molecule has 0 unspecified atom stereocenters. The average Bonchev–Trinajstić information content (AvgIpc) is 3.37. The lowest BCUT2D eigenvalue weighted by Gasteiger charge is -2.49. The number of halogens is 1. The van der Waals surface area contributed by atoms with Crippen molar-refractivity contribution in [3.63, 3.8) is 0 Å². The number of imidazole rings is 1. The number of H-pyrrole nitrogens is 2. The van der Waals surface area contributed by atoms with Crippen molar-refractivity contribution in [3.8, 4) is 11.3 Å². The van der Waals surface area contributed by atoms with Crippen LogP contribution >= 0.6 is 0 Å². The van der Waals surface area contributed by atoms with E-state index >= 15 is 0 Å². The van der Waals surface area contributed by atoms with Gasteiger partial charge in [-0.2, -0.15) is 5.10 Å². The number of likely N-dealkylation sites (tertiary alicyclic amines) is 1. The summed E-state index contributed by atoms with van der Waals surface area (Å²) in [6.07, 6.45) is 6.93. The van der Waals surface area contributed by atoms with Crippen LogP contribution in [0.1, 0.15) is 29.8 Å². The molecule has 1 spiro atoms. The minimum Gasteiger partial charge on any atom is -0.348 e. The summed E-state index contributed by atoms with van der Waals surface area (Å²) in [4.78, 5) is 13.0. The van der Waals surface area contributed by atoms with Crippen LogP contribution in [-0.2, 0) is 18.5 Å². The van der Waals surface area contributed by atoms with Crippen LogP contribution in [0.2, 0.25) is 0 Å². The van der Waals surface area contributed by atoms with E-state index in [9.17, 15) is 4.39 Å². The van der Waals surface area contributed by atoms with Gasteiger partial charge >= 0.3 is 0 Å². The number of aromatic nitrogens is 4. The number of aromatic amines is 2. The van der Waals surface area contributed by atoms with Crippen LogP contribution in [-0.4, -0.2) is 56.6 Å². The molecule has 2 aliphatic rings. The molecule has 2 aromatic heterocycles. The fraction of sp³-hybridized carbons (Fsp3) is 0.429. The molecule has 146 valence electrons. The predicted octanol–water partition coefficient (Wildman–Crippen LogP) is 2.92. The molecular formula is C21H25FN6. The van der Waals surface area contributed by atoms with Gasteiger partial charge in [0.25, 0.3) is 0 Å². The van der Waals surface area contributed by atoms with Crippen molar-refractivity contribution in [1.29, 1.82) is 0 Å². The first-order chi connectivity index (χ1) is 13.7. The van der Waals surface area contributed by atoms with Gasteiger partial charge in [-0.15, -0.1) is 0 Å². The number of nitrogens with zero attached hydrogens (tertiary/aromatic N) is 4. The van der Waals surface area contributed by atoms with Crippen LogP contribution in [0.4, 0.5) is 4.39 Å². The Hall–Kier alpha value is -2.51. The standard InChI is InChI=1S/C21H25FN6/c1-27-9-6-18-20(24-14-23-18)21(27)7-10-28(11-8-21)13-16-12-25-26-19(16)15-2-4-17(22)5-3-15/h2-5,12,14H,6-11,13H2,1H3,(H,23,24)(H,25,26). The molecule has 5 rings (SSSR count). The van der Waals surface area contributed by atoms with E-state index in [1.807, 2.05) is 12.5 Å². The monoisotopic (exact) mass is 380 g/mol. The van der Waals surface area contributed by atoms with Crippen molar-refractivity contribution in [2.24, 2.45) is 0 Å². The molecule has 7 heteroatoms. The first-order valence-electron chi connectivity index (χ1n) is 9.90. The summed E-state index contributed by atoms with van der Waals surface area (Å²) >= 11 is 0. The van der Waals surface area contributed by atoms with E-state index in [1.54, 1.807) is 12.1 Å². The number of likely N-dealkylation sites (N-methyl/N-ethyl adjacent to an activating group) is 1. The number of fused-ring (bicyclic) bond motifs is 2. The molecule has 6 nitrogen and oxygen atoms in total. The summed E-state index contributed by atoms with van der Waals surface area (Å²) in [5, 5.41) is 7.32. The molecule has 4 heterocycles. The van der Waals surface area contributed by atoms with Crippen LogP contribution in [0.5, 0.6) is 0 Å². The van der Waals surface area contributed by atoms with Crippen molar-refractivity contribution in [3.05, 3.63) is 59.6 Å². The van der Waals surface area contributed by atoms with Gasteiger partial charge in [-0.1, -0.05) is 0 Å². The summed E-state index contributed by atoms with van der Waals surface area (Å²) in [6.45, 7) is 3.96. The molecule has 0 radical (unpaired) electrons. The second kappa shape index (κ2) is 6.83. The van der Waals surface area contributed by atoms with Crippen molar-refractivity contribution in [1.82, 2.24) is 30.0 Å². The highest BCUT2D eigenvalue weighted by Gasteiger charge is 2.44. The maximum atomic E-state index is 13.2. The molecule has 2 N–H and O–H groups in total. The first-order valence-corrected chi connectivity index (χ1v) is 9.90. The second-order valence-corrected chi connectivity index (χ2v) is 7.99. The third-order valence-electron chi connectivity index (χ3n) is 6.51. The molecule has 0 aliphatic carbocycles. The van der Waals surface area contributed by atoms with E-state index in [2.05, 4.69) is 37.0 Å². The largest absolute Gasteiger partial charge is 0.348 e. The SMILES string of the molecule is CN1CCc2[nH]cnc2C12CCN(Cc1cn[nH]c1-c1ccc(F)cc1)CC2. The van der Waals surface area contributed by atoms with Crippen molar-refractivity contribution < 1.29 is 4.39 Å². The molecule has 0 saturated carbocycles. The Morgan fingerprint density at radius 2 is 1.93 bits per heavy atom. The smallest absolute Gasteiger partial charge is 0.123 e. The molecule has 1 saturated heterocycles. The summed E-state index contributed by atoms with van der Waals surface area (Å²) in [5.41, 5.74) is 5.71.